The zero-order chi connectivity index (χ0) is 8.04. The summed E-state index contributed by atoms with van der Waals surface area (Å²) >= 11 is 0. The van der Waals surface area contributed by atoms with Gasteiger partial charge in [-0.1, -0.05) is 6.92 Å². The largest absolute Gasteiger partial charge is 0.292 e. The monoisotopic (exact) mass is 147 g/mol. The normalized spacial score (nSPS) is 12.0. The summed E-state index contributed by atoms with van der Waals surface area (Å²) in [5.74, 6) is 0. The van der Waals surface area contributed by atoms with E-state index in [0.717, 1.165) is 6.54 Å². The average molecular weight is 147 g/mol. The molecule has 0 aromatic heterocycles. The van der Waals surface area contributed by atoms with Gasteiger partial charge in [-0.15, -0.1) is 0 Å². The van der Waals surface area contributed by atoms with Crippen LogP contribution in [0.15, 0.2) is 0 Å². The Labute approximate surface area is 62.6 Å². The van der Waals surface area contributed by atoms with Gasteiger partial charge in [-0.05, 0) is 27.3 Å². The van der Waals surface area contributed by atoms with Crippen LogP contribution in [0.25, 0.3) is 0 Å². The minimum Gasteiger partial charge on any atom is -0.292 e. The van der Waals surface area contributed by atoms with Crippen molar-refractivity contribution in [3.63, 3.8) is 0 Å². The quantitative estimate of drug-likeness (QED) is 0.281. The summed E-state index contributed by atoms with van der Waals surface area (Å²) in [6.07, 6.45) is 0. The highest BCUT2D eigenvalue weighted by Crippen LogP contribution is 2.05. The van der Waals surface area contributed by atoms with Crippen LogP contribution in [0.1, 0.15) is 27.7 Å². The molecule has 0 aliphatic carbocycles. The molecular weight excluding hydrogens is 130 g/mol. The molecule has 62 valence electrons. The van der Waals surface area contributed by atoms with Gasteiger partial charge in [0.05, 0.1) is 5.60 Å². The second kappa shape index (κ2) is 4.66. The minimum absolute atomic E-state index is 0.213. The maximum Gasteiger partial charge on any atom is 0.133 e. The molecule has 0 rings (SSSR count). The van der Waals surface area contributed by atoms with Crippen molar-refractivity contribution in [2.75, 3.05) is 13.3 Å². The van der Waals surface area contributed by atoms with Crippen molar-refractivity contribution in [1.29, 1.82) is 0 Å². The van der Waals surface area contributed by atoms with Gasteiger partial charge >= 0.3 is 0 Å². The molecule has 0 bridgehead atoms. The van der Waals surface area contributed by atoms with E-state index in [1.54, 1.807) is 0 Å². The van der Waals surface area contributed by atoms with Gasteiger partial charge < -0.3 is 0 Å². The fraction of sp³-hybridized carbons (Fsp3) is 1.00. The Balaban J connectivity index is 3.04. The Bertz CT molecular complexity index is 78.2. The molecule has 3 heteroatoms. The van der Waals surface area contributed by atoms with Gasteiger partial charge in [0.15, 0.2) is 0 Å². The van der Waals surface area contributed by atoms with Crippen molar-refractivity contribution in [3.8, 4) is 0 Å². The van der Waals surface area contributed by atoms with Crippen molar-refractivity contribution in [2.45, 2.75) is 33.3 Å². The predicted octanol–water partition coefficient (Wildman–Crippen LogP) is 1.30. The van der Waals surface area contributed by atoms with Crippen LogP contribution in [0, 0.1) is 0 Å². The molecule has 3 nitrogen and oxygen atoms in total. The highest BCUT2D eigenvalue weighted by atomic mass is 17.2. The molecule has 0 aromatic rings. The maximum atomic E-state index is 4.97. The summed E-state index contributed by atoms with van der Waals surface area (Å²) in [5.41, 5.74) is -0.213. The third-order valence-corrected chi connectivity index (χ3v) is 0.720. The van der Waals surface area contributed by atoms with Crippen LogP contribution in [0.5, 0.6) is 0 Å². The van der Waals surface area contributed by atoms with E-state index in [1.165, 1.54) is 0 Å². The van der Waals surface area contributed by atoms with Crippen LogP contribution in [-0.2, 0) is 9.78 Å². The molecule has 10 heavy (non-hydrogen) atoms. The van der Waals surface area contributed by atoms with Crippen LogP contribution in [0.4, 0.5) is 0 Å². The summed E-state index contributed by atoms with van der Waals surface area (Å²) in [6, 6.07) is 0. The SMILES string of the molecule is CCNCOOC(C)(C)C. The third-order valence-electron chi connectivity index (χ3n) is 0.720. The smallest absolute Gasteiger partial charge is 0.133 e. The molecule has 0 unspecified atom stereocenters. The molecule has 0 radical (unpaired) electrons. The summed E-state index contributed by atoms with van der Waals surface area (Å²) in [6.45, 7) is 9.19. The minimum atomic E-state index is -0.213. The summed E-state index contributed by atoms with van der Waals surface area (Å²) < 4.78 is 0. The molecule has 0 fully saturated rings. The van der Waals surface area contributed by atoms with Crippen LogP contribution in [0.3, 0.4) is 0 Å². The number of rotatable bonds is 4. The highest BCUT2D eigenvalue weighted by Gasteiger charge is 2.10. The molecule has 0 aliphatic heterocycles. The zero-order valence-electron chi connectivity index (χ0n) is 7.23. The number of hydrogen-bond acceptors (Lipinski definition) is 3. The Morgan fingerprint density at radius 1 is 1.30 bits per heavy atom. The molecule has 0 heterocycles. The Hall–Kier alpha value is -0.120. The predicted molar refractivity (Wildman–Crippen MR) is 40.5 cm³/mol. The van der Waals surface area contributed by atoms with Gasteiger partial charge in [0.25, 0.3) is 0 Å². The standard InChI is InChI=1S/C7H17NO2/c1-5-8-6-9-10-7(2,3)4/h8H,5-6H2,1-4H3. The van der Waals surface area contributed by atoms with Gasteiger partial charge in [0.1, 0.15) is 6.73 Å². The van der Waals surface area contributed by atoms with Gasteiger partial charge in [-0.3, -0.25) is 5.32 Å². The average Bonchev–Trinajstić information content (AvgIpc) is 1.78. The number of nitrogens with one attached hydrogen (secondary N) is 1. The van der Waals surface area contributed by atoms with E-state index in [9.17, 15) is 0 Å². The molecular formula is C7H17NO2. The summed E-state index contributed by atoms with van der Waals surface area (Å²) in [5, 5.41) is 2.97. The van der Waals surface area contributed by atoms with Crippen molar-refractivity contribution < 1.29 is 9.78 Å². The van der Waals surface area contributed by atoms with E-state index in [1.807, 2.05) is 27.7 Å². The van der Waals surface area contributed by atoms with E-state index < -0.39 is 0 Å². The van der Waals surface area contributed by atoms with E-state index >= 15 is 0 Å². The topological polar surface area (TPSA) is 30.5 Å². The molecule has 0 spiro atoms. The van der Waals surface area contributed by atoms with Crippen molar-refractivity contribution >= 4 is 0 Å². The van der Waals surface area contributed by atoms with Crippen molar-refractivity contribution in [1.82, 2.24) is 5.32 Å². The van der Waals surface area contributed by atoms with Crippen LogP contribution < -0.4 is 5.32 Å². The first-order valence-electron chi connectivity index (χ1n) is 3.57. The fourth-order valence-corrected chi connectivity index (χ4v) is 0.350. The summed E-state index contributed by atoms with van der Waals surface area (Å²) in [7, 11) is 0. The lowest BCUT2D eigenvalue weighted by Gasteiger charge is -2.17. The Morgan fingerprint density at radius 3 is 2.30 bits per heavy atom. The van der Waals surface area contributed by atoms with Crippen LogP contribution in [0.2, 0.25) is 0 Å². The summed E-state index contributed by atoms with van der Waals surface area (Å²) in [4.78, 5) is 9.80. The molecule has 0 amide bonds. The van der Waals surface area contributed by atoms with E-state index in [0.29, 0.717) is 6.73 Å². The molecule has 1 N–H and O–H groups in total. The van der Waals surface area contributed by atoms with E-state index in [4.69, 9.17) is 9.78 Å². The molecule has 0 saturated carbocycles. The number of hydrogen-bond donors (Lipinski definition) is 1. The lowest BCUT2D eigenvalue weighted by atomic mass is 10.2. The van der Waals surface area contributed by atoms with E-state index in [2.05, 4.69) is 5.32 Å². The van der Waals surface area contributed by atoms with Gasteiger partial charge in [-0.25, -0.2) is 9.78 Å². The van der Waals surface area contributed by atoms with Gasteiger partial charge in [0.2, 0.25) is 0 Å². The van der Waals surface area contributed by atoms with E-state index in [-0.39, 0.29) is 5.60 Å². The highest BCUT2D eigenvalue weighted by molar-refractivity contribution is 4.54. The second-order valence-electron chi connectivity index (χ2n) is 3.06. The fourth-order valence-electron chi connectivity index (χ4n) is 0.350. The molecule has 0 atom stereocenters. The molecule has 0 saturated heterocycles. The Kier molecular flexibility index (Phi) is 4.60. The molecule has 0 aliphatic rings. The van der Waals surface area contributed by atoms with Gasteiger partial charge in [-0.2, -0.15) is 0 Å². The maximum absolute atomic E-state index is 4.97. The lowest BCUT2D eigenvalue weighted by molar-refractivity contribution is -0.351. The third kappa shape index (κ3) is 7.88. The second-order valence-corrected chi connectivity index (χ2v) is 3.06. The lowest BCUT2D eigenvalue weighted by Crippen LogP contribution is -2.24. The van der Waals surface area contributed by atoms with Crippen LogP contribution >= 0.6 is 0 Å². The van der Waals surface area contributed by atoms with Gasteiger partial charge in [0, 0.05) is 0 Å². The van der Waals surface area contributed by atoms with Crippen molar-refractivity contribution in [3.05, 3.63) is 0 Å². The first-order valence-corrected chi connectivity index (χ1v) is 3.57. The first-order chi connectivity index (χ1) is 4.56. The zero-order valence-corrected chi connectivity index (χ0v) is 7.23. The Morgan fingerprint density at radius 2 is 1.90 bits per heavy atom. The first kappa shape index (κ1) is 9.88. The van der Waals surface area contributed by atoms with Crippen LogP contribution in [-0.4, -0.2) is 18.9 Å². The van der Waals surface area contributed by atoms with Crippen molar-refractivity contribution in [2.24, 2.45) is 0 Å². The molecule has 0 aromatic carbocycles.